The zero-order valence-electron chi connectivity index (χ0n) is 17.1. The van der Waals surface area contributed by atoms with Gasteiger partial charge in [0.1, 0.15) is 0 Å². The first-order valence-electron chi connectivity index (χ1n) is 9.96. The third-order valence-electron chi connectivity index (χ3n) is 4.67. The largest absolute Gasteiger partial charge is 0.456 e. The number of esters is 1. The van der Waals surface area contributed by atoms with Gasteiger partial charge in [-0.05, 0) is 48.4 Å². The second-order valence-electron chi connectivity index (χ2n) is 7.05. The summed E-state index contributed by atoms with van der Waals surface area (Å²) in [5.74, 6) is -1.20. The summed E-state index contributed by atoms with van der Waals surface area (Å²) in [5.41, 5.74) is 1.38. The van der Waals surface area contributed by atoms with Crippen LogP contribution in [0.4, 0.5) is 0 Å². The van der Waals surface area contributed by atoms with E-state index in [0.717, 1.165) is 18.4 Å². The summed E-state index contributed by atoms with van der Waals surface area (Å²) in [6.45, 7) is 2.01. The molecule has 5 nitrogen and oxygen atoms in total. The minimum absolute atomic E-state index is 0.00424. The minimum Gasteiger partial charge on any atom is -0.456 e. The van der Waals surface area contributed by atoms with Crippen LogP contribution in [0, 0.1) is 0 Å². The van der Waals surface area contributed by atoms with Crippen LogP contribution < -0.4 is 5.32 Å². The molecular formula is C23H24Cl3NO4. The van der Waals surface area contributed by atoms with Crippen molar-refractivity contribution in [3.05, 3.63) is 68.7 Å². The minimum atomic E-state index is -0.608. The summed E-state index contributed by atoms with van der Waals surface area (Å²) in [7, 11) is 0. The molecule has 8 heteroatoms. The molecule has 0 heterocycles. The maximum atomic E-state index is 12.1. The molecule has 1 atom stereocenters. The predicted octanol–water partition coefficient (Wildman–Crippen LogP) is 5.85. The Morgan fingerprint density at radius 2 is 1.65 bits per heavy atom. The van der Waals surface area contributed by atoms with Crippen molar-refractivity contribution in [3.63, 3.8) is 0 Å². The number of Topliss-reactive ketones (excluding diaryl/α,β-unsaturated/α-hetero) is 1. The van der Waals surface area contributed by atoms with E-state index in [1.54, 1.807) is 36.4 Å². The molecule has 0 aliphatic carbocycles. The van der Waals surface area contributed by atoms with Gasteiger partial charge in [-0.2, -0.15) is 0 Å². The fourth-order valence-electron chi connectivity index (χ4n) is 3.05. The summed E-state index contributed by atoms with van der Waals surface area (Å²) < 4.78 is 4.98. The number of nitrogens with one attached hydrogen (secondary N) is 1. The van der Waals surface area contributed by atoms with E-state index in [0.29, 0.717) is 27.2 Å². The van der Waals surface area contributed by atoms with Crippen LogP contribution >= 0.6 is 34.8 Å². The van der Waals surface area contributed by atoms with Crippen LogP contribution in [0.5, 0.6) is 0 Å². The second kappa shape index (κ2) is 12.7. The van der Waals surface area contributed by atoms with Gasteiger partial charge in [-0.1, -0.05) is 54.2 Å². The molecule has 0 saturated carbocycles. The molecule has 2 rings (SSSR count). The SMILES string of the molecule is CCCC(CNC(=O)COC(=O)CCC(=O)c1ccc(Cl)cc1)c1ccc(Cl)cc1Cl. The maximum Gasteiger partial charge on any atom is 0.306 e. The number of benzene rings is 2. The van der Waals surface area contributed by atoms with Gasteiger partial charge in [-0.3, -0.25) is 14.4 Å². The molecule has 1 unspecified atom stereocenters. The number of ether oxygens (including phenoxy) is 1. The molecule has 0 aromatic heterocycles. The third kappa shape index (κ3) is 8.52. The first-order chi connectivity index (χ1) is 14.8. The highest BCUT2D eigenvalue weighted by Gasteiger charge is 2.17. The first kappa shape index (κ1) is 25.2. The monoisotopic (exact) mass is 483 g/mol. The summed E-state index contributed by atoms with van der Waals surface area (Å²) >= 11 is 18.0. The van der Waals surface area contributed by atoms with Crippen LogP contribution in [0.1, 0.15) is 54.4 Å². The molecule has 0 fully saturated rings. The zero-order chi connectivity index (χ0) is 22.8. The lowest BCUT2D eigenvalue weighted by Crippen LogP contribution is -2.32. The van der Waals surface area contributed by atoms with Crippen LogP contribution in [-0.2, 0) is 14.3 Å². The van der Waals surface area contributed by atoms with Crippen molar-refractivity contribution in [1.82, 2.24) is 5.32 Å². The van der Waals surface area contributed by atoms with Gasteiger partial charge < -0.3 is 10.1 Å². The van der Waals surface area contributed by atoms with Crippen molar-refractivity contribution >= 4 is 52.5 Å². The van der Waals surface area contributed by atoms with Crippen molar-refractivity contribution in [1.29, 1.82) is 0 Å². The van der Waals surface area contributed by atoms with Gasteiger partial charge >= 0.3 is 5.97 Å². The highest BCUT2D eigenvalue weighted by molar-refractivity contribution is 6.35. The number of amides is 1. The average molecular weight is 485 g/mol. The fourth-order valence-corrected chi connectivity index (χ4v) is 3.74. The lowest BCUT2D eigenvalue weighted by atomic mass is 9.94. The zero-order valence-corrected chi connectivity index (χ0v) is 19.4. The third-order valence-corrected chi connectivity index (χ3v) is 5.49. The lowest BCUT2D eigenvalue weighted by Gasteiger charge is -2.19. The number of rotatable bonds is 11. The van der Waals surface area contributed by atoms with Crippen LogP contribution in [-0.4, -0.2) is 30.8 Å². The van der Waals surface area contributed by atoms with Gasteiger partial charge in [0.25, 0.3) is 5.91 Å². The number of carbonyl (C=O) groups is 3. The van der Waals surface area contributed by atoms with E-state index in [1.807, 2.05) is 13.0 Å². The van der Waals surface area contributed by atoms with Crippen molar-refractivity contribution in [2.24, 2.45) is 0 Å². The summed E-state index contributed by atoms with van der Waals surface area (Å²) in [5, 5.41) is 4.40. The highest BCUT2D eigenvalue weighted by atomic mass is 35.5. The normalized spacial score (nSPS) is 11.6. The second-order valence-corrected chi connectivity index (χ2v) is 8.33. The van der Waals surface area contributed by atoms with Crippen LogP contribution in [0.25, 0.3) is 0 Å². The number of ketones is 1. The number of halogens is 3. The molecule has 1 N–H and O–H groups in total. The predicted molar refractivity (Wildman–Crippen MR) is 123 cm³/mol. The molecule has 2 aromatic carbocycles. The van der Waals surface area contributed by atoms with Gasteiger partial charge in [-0.15, -0.1) is 0 Å². The van der Waals surface area contributed by atoms with Crippen LogP contribution in [0.2, 0.25) is 15.1 Å². The molecular weight excluding hydrogens is 461 g/mol. The fraction of sp³-hybridized carbons (Fsp3) is 0.348. The molecule has 0 bridgehead atoms. The highest BCUT2D eigenvalue weighted by Crippen LogP contribution is 2.30. The molecule has 0 saturated heterocycles. The number of hydrogen-bond donors (Lipinski definition) is 1. The molecule has 31 heavy (non-hydrogen) atoms. The summed E-state index contributed by atoms with van der Waals surface area (Å²) in [4.78, 5) is 36.0. The van der Waals surface area contributed by atoms with E-state index in [-0.39, 0.29) is 24.5 Å². The Morgan fingerprint density at radius 3 is 2.29 bits per heavy atom. The van der Waals surface area contributed by atoms with E-state index >= 15 is 0 Å². The Hall–Kier alpha value is -2.08. The Kier molecular flexibility index (Phi) is 10.3. The van der Waals surface area contributed by atoms with Crippen molar-refractivity contribution in [2.45, 2.75) is 38.5 Å². The van der Waals surface area contributed by atoms with Gasteiger partial charge in [0, 0.05) is 39.5 Å². The Morgan fingerprint density at radius 1 is 0.968 bits per heavy atom. The molecule has 0 radical (unpaired) electrons. The van der Waals surface area contributed by atoms with Gasteiger partial charge in [0.05, 0.1) is 6.42 Å². The summed E-state index contributed by atoms with van der Waals surface area (Å²) in [6, 6.07) is 11.7. The first-order valence-corrected chi connectivity index (χ1v) is 11.1. The average Bonchev–Trinajstić information content (AvgIpc) is 2.74. The van der Waals surface area contributed by atoms with E-state index in [9.17, 15) is 14.4 Å². The number of hydrogen-bond acceptors (Lipinski definition) is 4. The van der Waals surface area contributed by atoms with E-state index < -0.39 is 18.5 Å². The molecule has 1 amide bonds. The van der Waals surface area contributed by atoms with E-state index in [4.69, 9.17) is 39.5 Å². The lowest BCUT2D eigenvalue weighted by molar-refractivity contribution is -0.148. The number of carbonyl (C=O) groups excluding carboxylic acids is 3. The van der Waals surface area contributed by atoms with Gasteiger partial charge in [0.2, 0.25) is 0 Å². The summed E-state index contributed by atoms with van der Waals surface area (Å²) in [6.07, 6.45) is 1.63. The van der Waals surface area contributed by atoms with Gasteiger partial charge in [0.15, 0.2) is 12.4 Å². The Balaban J connectivity index is 1.76. The van der Waals surface area contributed by atoms with Gasteiger partial charge in [-0.25, -0.2) is 0 Å². The molecule has 0 aliphatic heterocycles. The smallest absolute Gasteiger partial charge is 0.306 e. The Labute approximate surface area is 197 Å². The van der Waals surface area contributed by atoms with E-state index in [2.05, 4.69) is 5.32 Å². The molecule has 0 spiro atoms. The van der Waals surface area contributed by atoms with Crippen molar-refractivity contribution in [2.75, 3.05) is 13.2 Å². The van der Waals surface area contributed by atoms with E-state index in [1.165, 1.54) is 0 Å². The maximum absolute atomic E-state index is 12.1. The van der Waals surface area contributed by atoms with Crippen molar-refractivity contribution < 1.29 is 19.1 Å². The van der Waals surface area contributed by atoms with Crippen LogP contribution in [0.15, 0.2) is 42.5 Å². The Bertz CT molecular complexity index is 916. The quantitative estimate of drug-likeness (QED) is 0.320. The standard InChI is InChI=1S/C23H24Cl3NO4/c1-2-3-16(19-9-8-18(25)12-20(19)26)13-27-22(29)14-31-23(30)11-10-21(28)15-4-6-17(24)7-5-15/h4-9,12,16H,2-3,10-11,13-14H2,1H3,(H,27,29). The van der Waals surface area contributed by atoms with Crippen LogP contribution in [0.3, 0.4) is 0 Å². The molecule has 0 aliphatic rings. The molecule has 2 aromatic rings. The topological polar surface area (TPSA) is 72.5 Å². The van der Waals surface area contributed by atoms with Crippen molar-refractivity contribution in [3.8, 4) is 0 Å². The molecule has 166 valence electrons.